The Morgan fingerprint density at radius 3 is 2.67 bits per heavy atom. The third kappa shape index (κ3) is 6.14. The van der Waals surface area contributed by atoms with Crippen molar-refractivity contribution in [2.45, 2.75) is 33.2 Å². The van der Waals surface area contributed by atoms with Crippen LogP contribution in [0.15, 0.2) is 0 Å². The lowest BCUT2D eigenvalue weighted by molar-refractivity contribution is -0.121. The molecule has 0 saturated carbocycles. The van der Waals surface area contributed by atoms with Gasteiger partial charge in [0.25, 0.3) is 0 Å². The van der Waals surface area contributed by atoms with E-state index in [2.05, 4.69) is 10.4 Å². The van der Waals surface area contributed by atoms with Gasteiger partial charge in [-0.25, -0.2) is 0 Å². The number of hydrogen-bond acceptors (Lipinski definition) is 5. The van der Waals surface area contributed by atoms with Gasteiger partial charge in [0.2, 0.25) is 5.91 Å². The Morgan fingerprint density at radius 2 is 2.05 bits per heavy atom. The van der Waals surface area contributed by atoms with Gasteiger partial charge in [0.05, 0.1) is 30.3 Å². The summed E-state index contributed by atoms with van der Waals surface area (Å²) in [6, 6.07) is 0. The highest BCUT2D eigenvalue weighted by atomic mass is 16.5. The van der Waals surface area contributed by atoms with Crippen LogP contribution >= 0.6 is 0 Å². The molecule has 120 valence electrons. The minimum absolute atomic E-state index is 0.0547. The van der Waals surface area contributed by atoms with Crippen molar-refractivity contribution in [1.29, 1.82) is 0 Å². The van der Waals surface area contributed by atoms with E-state index in [0.29, 0.717) is 32.1 Å². The summed E-state index contributed by atoms with van der Waals surface area (Å²) in [4.78, 5) is 11.8. The lowest BCUT2D eigenvalue weighted by Crippen LogP contribution is -2.29. The average Bonchev–Trinajstić information content (AvgIpc) is 2.69. The van der Waals surface area contributed by atoms with Gasteiger partial charge in [-0.3, -0.25) is 9.48 Å². The van der Waals surface area contributed by atoms with Crippen molar-refractivity contribution in [3.05, 3.63) is 11.4 Å². The molecule has 3 N–H and O–H groups in total. The molecule has 0 aromatic carbocycles. The Hall–Kier alpha value is -1.60. The Morgan fingerprint density at radius 1 is 1.29 bits per heavy atom. The van der Waals surface area contributed by atoms with Crippen LogP contribution in [0.2, 0.25) is 0 Å². The monoisotopic (exact) mass is 298 g/mol. The van der Waals surface area contributed by atoms with E-state index in [-0.39, 0.29) is 12.5 Å². The first-order chi connectivity index (χ1) is 10.1. The van der Waals surface area contributed by atoms with Gasteiger partial charge >= 0.3 is 0 Å². The molecule has 1 aromatic heterocycles. The summed E-state index contributed by atoms with van der Waals surface area (Å²) in [7, 11) is 1.65. The number of hydrogen-bond donors (Lipinski definition) is 2. The number of nitrogens with two attached hydrogens (primary N) is 1. The number of aromatic nitrogens is 2. The highest BCUT2D eigenvalue weighted by molar-refractivity contribution is 5.75. The van der Waals surface area contributed by atoms with Gasteiger partial charge in [-0.15, -0.1) is 0 Å². The first kappa shape index (κ1) is 17.5. The van der Waals surface area contributed by atoms with Crippen LogP contribution in [0.4, 0.5) is 5.69 Å². The third-order valence-corrected chi connectivity index (χ3v) is 3.20. The number of nitrogen functional groups attached to an aromatic ring is 1. The fourth-order valence-electron chi connectivity index (χ4n) is 1.86. The lowest BCUT2D eigenvalue weighted by Gasteiger charge is -2.07. The average molecular weight is 298 g/mol. The molecule has 1 aromatic rings. The maximum Gasteiger partial charge on any atom is 0.241 e. The molecule has 7 heteroatoms. The highest BCUT2D eigenvalue weighted by Gasteiger charge is 2.10. The van der Waals surface area contributed by atoms with Crippen molar-refractivity contribution < 1.29 is 14.3 Å². The Bertz CT molecular complexity index is 446. The van der Waals surface area contributed by atoms with E-state index in [0.717, 1.165) is 24.2 Å². The van der Waals surface area contributed by atoms with Crippen LogP contribution in [0.25, 0.3) is 0 Å². The largest absolute Gasteiger partial charge is 0.396 e. The number of nitrogens with one attached hydrogen (secondary N) is 1. The fourth-order valence-corrected chi connectivity index (χ4v) is 1.86. The molecule has 0 unspecified atom stereocenters. The topological polar surface area (TPSA) is 91.4 Å². The van der Waals surface area contributed by atoms with Gasteiger partial charge in [0.1, 0.15) is 6.54 Å². The van der Waals surface area contributed by atoms with Gasteiger partial charge in [-0.2, -0.15) is 5.10 Å². The van der Waals surface area contributed by atoms with Gasteiger partial charge < -0.3 is 20.5 Å². The number of carbonyl (C=O) groups excluding carboxylic acids is 1. The zero-order valence-corrected chi connectivity index (χ0v) is 13.1. The van der Waals surface area contributed by atoms with Crippen LogP contribution in [0.5, 0.6) is 0 Å². The predicted octanol–water partition coefficient (Wildman–Crippen LogP) is 0.642. The summed E-state index contributed by atoms with van der Waals surface area (Å²) in [6.07, 6.45) is 1.80. The van der Waals surface area contributed by atoms with Crippen LogP contribution in [-0.4, -0.2) is 49.2 Å². The van der Waals surface area contributed by atoms with Crippen LogP contribution in [0.1, 0.15) is 24.2 Å². The summed E-state index contributed by atoms with van der Waals surface area (Å²) in [5.41, 5.74) is 8.07. The minimum Gasteiger partial charge on any atom is -0.396 e. The van der Waals surface area contributed by atoms with E-state index >= 15 is 0 Å². The van der Waals surface area contributed by atoms with E-state index in [9.17, 15) is 4.79 Å². The third-order valence-electron chi connectivity index (χ3n) is 3.20. The highest BCUT2D eigenvalue weighted by Crippen LogP contribution is 2.14. The normalized spacial score (nSPS) is 10.8. The van der Waals surface area contributed by atoms with Crippen molar-refractivity contribution in [2.75, 3.05) is 39.2 Å². The predicted molar refractivity (Wildman–Crippen MR) is 81.1 cm³/mol. The molecule has 1 heterocycles. The van der Waals surface area contributed by atoms with Crippen molar-refractivity contribution in [3.63, 3.8) is 0 Å². The first-order valence-electron chi connectivity index (χ1n) is 7.19. The standard InChI is InChI=1S/C14H26N4O3/c1-11-14(15)12(2)18(17-11)10-13(19)16-6-4-5-7-21-9-8-20-3/h4-10,15H2,1-3H3,(H,16,19). The van der Waals surface area contributed by atoms with Crippen molar-refractivity contribution >= 4 is 11.6 Å². The molecular formula is C14H26N4O3. The van der Waals surface area contributed by atoms with Gasteiger partial charge in [0.15, 0.2) is 0 Å². The quantitative estimate of drug-likeness (QED) is 0.619. The number of anilines is 1. The molecule has 0 radical (unpaired) electrons. The minimum atomic E-state index is -0.0547. The van der Waals surface area contributed by atoms with Crippen LogP contribution in [-0.2, 0) is 20.8 Å². The maximum absolute atomic E-state index is 11.8. The molecule has 0 bridgehead atoms. The molecule has 0 aliphatic rings. The summed E-state index contributed by atoms with van der Waals surface area (Å²) in [6.45, 7) is 6.45. The fraction of sp³-hybridized carbons (Fsp3) is 0.714. The Labute approximate surface area is 125 Å². The Kier molecular flexibility index (Phi) is 7.78. The summed E-state index contributed by atoms with van der Waals surface area (Å²) < 4.78 is 11.9. The summed E-state index contributed by atoms with van der Waals surface area (Å²) >= 11 is 0. The van der Waals surface area contributed by atoms with Crippen molar-refractivity contribution in [2.24, 2.45) is 0 Å². The number of aryl methyl sites for hydroxylation is 1. The second kappa shape index (κ2) is 9.36. The molecule has 1 rings (SSSR count). The van der Waals surface area contributed by atoms with Gasteiger partial charge in [0, 0.05) is 20.3 Å². The molecule has 0 spiro atoms. The molecule has 7 nitrogen and oxygen atoms in total. The Balaban J connectivity index is 2.13. The number of amides is 1. The number of ether oxygens (including phenoxy) is 2. The molecule has 0 aliphatic carbocycles. The number of nitrogens with zero attached hydrogens (tertiary/aromatic N) is 2. The summed E-state index contributed by atoms with van der Waals surface area (Å²) in [5, 5.41) is 7.10. The zero-order chi connectivity index (χ0) is 15.7. The number of methoxy groups -OCH3 is 1. The number of rotatable bonds is 10. The molecule has 0 fully saturated rings. The molecule has 21 heavy (non-hydrogen) atoms. The molecule has 0 aliphatic heterocycles. The van der Waals surface area contributed by atoms with Gasteiger partial charge in [-0.05, 0) is 26.7 Å². The van der Waals surface area contributed by atoms with Crippen molar-refractivity contribution in [3.8, 4) is 0 Å². The smallest absolute Gasteiger partial charge is 0.241 e. The number of unbranched alkanes of at least 4 members (excludes halogenated alkanes) is 1. The molecular weight excluding hydrogens is 272 g/mol. The second-order valence-corrected chi connectivity index (χ2v) is 4.90. The van der Waals surface area contributed by atoms with Gasteiger partial charge in [-0.1, -0.05) is 0 Å². The second-order valence-electron chi connectivity index (χ2n) is 4.90. The SMILES string of the molecule is COCCOCCCCNC(=O)Cn1nc(C)c(N)c1C. The van der Waals surface area contributed by atoms with E-state index < -0.39 is 0 Å². The molecule has 1 amide bonds. The van der Waals surface area contributed by atoms with Crippen LogP contribution in [0.3, 0.4) is 0 Å². The van der Waals surface area contributed by atoms with Crippen LogP contribution in [0, 0.1) is 13.8 Å². The van der Waals surface area contributed by atoms with Crippen molar-refractivity contribution in [1.82, 2.24) is 15.1 Å². The van der Waals surface area contributed by atoms with E-state index in [1.807, 2.05) is 13.8 Å². The van der Waals surface area contributed by atoms with E-state index in [1.165, 1.54) is 0 Å². The maximum atomic E-state index is 11.8. The first-order valence-corrected chi connectivity index (χ1v) is 7.19. The van der Waals surface area contributed by atoms with E-state index in [4.69, 9.17) is 15.2 Å². The number of carbonyl (C=O) groups is 1. The zero-order valence-electron chi connectivity index (χ0n) is 13.1. The van der Waals surface area contributed by atoms with Crippen LogP contribution < -0.4 is 11.1 Å². The summed E-state index contributed by atoms with van der Waals surface area (Å²) in [5.74, 6) is -0.0547. The van der Waals surface area contributed by atoms with E-state index in [1.54, 1.807) is 11.8 Å². The molecule has 0 saturated heterocycles. The lowest BCUT2D eigenvalue weighted by atomic mass is 10.3. The molecule has 0 atom stereocenters.